The van der Waals surface area contributed by atoms with Gasteiger partial charge in [0.25, 0.3) is 0 Å². The maximum atomic E-state index is 4.40. The van der Waals surface area contributed by atoms with Crippen LogP contribution >= 0.6 is 11.7 Å². The lowest BCUT2D eigenvalue weighted by atomic mass is 10.0. The van der Waals surface area contributed by atoms with Crippen LogP contribution in [-0.4, -0.2) is 43.9 Å². The highest BCUT2D eigenvalue weighted by Gasteiger charge is 2.23. The quantitative estimate of drug-likeness (QED) is 0.405. The van der Waals surface area contributed by atoms with Gasteiger partial charge >= 0.3 is 0 Å². The van der Waals surface area contributed by atoms with Crippen molar-refractivity contribution in [2.24, 2.45) is 0 Å². The molecule has 0 fully saturated rings. The van der Waals surface area contributed by atoms with Crippen LogP contribution in [0.4, 0.5) is 5.69 Å². The number of nitrogens with one attached hydrogen (secondary N) is 2. The summed E-state index contributed by atoms with van der Waals surface area (Å²) >= 11 is 1.20. The van der Waals surface area contributed by atoms with Crippen LogP contribution in [0.15, 0.2) is 67.3 Å². The number of fused-ring (bicyclic) bond motifs is 2. The highest BCUT2D eigenvalue weighted by molar-refractivity contribution is 7.00. The number of imidazole rings is 1. The Morgan fingerprint density at radius 2 is 1.97 bits per heavy atom. The molecule has 0 aliphatic carbocycles. The first-order valence-corrected chi connectivity index (χ1v) is 10.6. The predicted molar refractivity (Wildman–Crippen MR) is 120 cm³/mol. The van der Waals surface area contributed by atoms with E-state index in [1.165, 1.54) is 11.7 Å². The molecule has 0 saturated carbocycles. The predicted octanol–water partition coefficient (Wildman–Crippen LogP) is 3.20. The molecular formula is C21H16N10S. The minimum Gasteiger partial charge on any atom is -0.371 e. The van der Waals surface area contributed by atoms with Crippen molar-refractivity contribution in [3.63, 3.8) is 0 Å². The molecule has 0 radical (unpaired) electrons. The molecule has 2 aromatic carbocycles. The highest BCUT2D eigenvalue weighted by Crippen LogP contribution is 2.28. The first kappa shape index (κ1) is 18.5. The molecule has 0 aliphatic rings. The first-order chi connectivity index (χ1) is 15.8. The molecule has 32 heavy (non-hydrogen) atoms. The Bertz CT molecular complexity index is 1500. The number of anilines is 1. The largest absolute Gasteiger partial charge is 0.371 e. The van der Waals surface area contributed by atoms with E-state index >= 15 is 0 Å². The molecule has 4 heterocycles. The summed E-state index contributed by atoms with van der Waals surface area (Å²) in [6.45, 7) is 0.508. The molecule has 1 atom stereocenters. The molecule has 0 spiro atoms. The van der Waals surface area contributed by atoms with Gasteiger partial charge < -0.3 is 10.3 Å². The summed E-state index contributed by atoms with van der Waals surface area (Å²) in [6.07, 6.45) is 5.24. The number of hydrogen-bond donors (Lipinski definition) is 2. The molecule has 0 bridgehead atoms. The third-order valence-corrected chi connectivity index (χ3v) is 5.77. The lowest BCUT2D eigenvalue weighted by Gasteiger charge is -2.20. The summed E-state index contributed by atoms with van der Waals surface area (Å²) in [7, 11) is 0. The molecule has 11 heteroatoms. The second-order valence-electron chi connectivity index (χ2n) is 7.28. The Morgan fingerprint density at radius 1 is 1.03 bits per heavy atom. The Balaban J connectivity index is 1.43. The van der Waals surface area contributed by atoms with E-state index in [1.54, 1.807) is 17.2 Å². The van der Waals surface area contributed by atoms with Crippen LogP contribution < -0.4 is 5.32 Å². The zero-order valence-corrected chi connectivity index (χ0v) is 17.4. The number of aromatic amines is 1. The van der Waals surface area contributed by atoms with Crippen LogP contribution in [0.2, 0.25) is 0 Å². The van der Waals surface area contributed by atoms with Crippen LogP contribution in [-0.2, 0) is 6.54 Å². The Hall–Kier alpha value is -4.25. The molecule has 2 N–H and O–H groups in total. The number of aromatic nitrogens is 9. The lowest BCUT2D eigenvalue weighted by Crippen LogP contribution is -2.19. The van der Waals surface area contributed by atoms with Gasteiger partial charge in [-0.05, 0) is 58.0 Å². The Labute approximate surface area is 185 Å². The number of nitrogens with zero attached hydrogens (tertiary/aromatic N) is 8. The fourth-order valence-corrected chi connectivity index (χ4v) is 4.18. The molecule has 1 unspecified atom stereocenters. The van der Waals surface area contributed by atoms with E-state index in [0.717, 1.165) is 38.9 Å². The van der Waals surface area contributed by atoms with E-state index in [-0.39, 0.29) is 6.04 Å². The van der Waals surface area contributed by atoms with Crippen LogP contribution in [0.3, 0.4) is 0 Å². The number of rotatable bonds is 6. The monoisotopic (exact) mass is 440 g/mol. The summed E-state index contributed by atoms with van der Waals surface area (Å²) in [5.74, 6) is 0.682. The van der Waals surface area contributed by atoms with E-state index in [2.05, 4.69) is 44.5 Å². The zero-order valence-electron chi connectivity index (χ0n) is 16.6. The molecule has 10 nitrogen and oxygen atoms in total. The summed E-state index contributed by atoms with van der Waals surface area (Å²) < 4.78 is 10.5. The van der Waals surface area contributed by atoms with E-state index in [9.17, 15) is 0 Å². The smallest absolute Gasteiger partial charge is 0.178 e. The SMILES string of the molecule is c1cncc(Cn2nnnc2C(Nc2ccc3nc[nH]c3c2)c2ccc3nsnc3c2)c1. The summed E-state index contributed by atoms with van der Waals surface area (Å²) in [5.41, 5.74) is 6.47. The van der Waals surface area contributed by atoms with E-state index in [1.807, 2.05) is 54.7 Å². The van der Waals surface area contributed by atoms with E-state index in [4.69, 9.17) is 0 Å². The average molecular weight is 440 g/mol. The van der Waals surface area contributed by atoms with Gasteiger partial charge in [-0.1, -0.05) is 12.1 Å². The highest BCUT2D eigenvalue weighted by atomic mass is 32.1. The van der Waals surface area contributed by atoms with Crippen molar-refractivity contribution in [2.45, 2.75) is 12.6 Å². The van der Waals surface area contributed by atoms with Crippen molar-refractivity contribution < 1.29 is 0 Å². The van der Waals surface area contributed by atoms with Crippen molar-refractivity contribution in [1.82, 2.24) is 43.9 Å². The zero-order chi connectivity index (χ0) is 21.3. The van der Waals surface area contributed by atoms with Crippen molar-refractivity contribution in [3.8, 4) is 0 Å². The number of pyridine rings is 1. The first-order valence-electron chi connectivity index (χ1n) is 9.90. The Kier molecular flexibility index (Phi) is 4.50. The number of hydrogen-bond acceptors (Lipinski definition) is 9. The van der Waals surface area contributed by atoms with E-state index < -0.39 is 0 Å². The second kappa shape index (κ2) is 7.78. The third kappa shape index (κ3) is 3.44. The summed E-state index contributed by atoms with van der Waals surface area (Å²) in [4.78, 5) is 11.6. The van der Waals surface area contributed by atoms with Crippen molar-refractivity contribution in [2.75, 3.05) is 5.32 Å². The van der Waals surface area contributed by atoms with Crippen molar-refractivity contribution in [3.05, 3.63) is 84.2 Å². The average Bonchev–Trinajstić information content (AvgIpc) is 3.58. The van der Waals surface area contributed by atoms with Gasteiger partial charge in [0.2, 0.25) is 0 Å². The minimum atomic E-state index is -0.312. The van der Waals surface area contributed by atoms with Gasteiger partial charge in [0.15, 0.2) is 5.82 Å². The van der Waals surface area contributed by atoms with Gasteiger partial charge in [-0.15, -0.1) is 5.10 Å². The topological polar surface area (TPSA) is 123 Å². The molecule has 6 aromatic rings. The van der Waals surface area contributed by atoms with Gasteiger partial charge in [-0.2, -0.15) is 8.75 Å². The molecule has 6 rings (SSSR count). The maximum Gasteiger partial charge on any atom is 0.178 e. The summed E-state index contributed by atoms with van der Waals surface area (Å²) in [6, 6.07) is 15.6. The molecule has 0 saturated heterocycles. The van der Waals surface area contributed by atoms with Crippen molar-refractivity contribution in [1.29, 1.82) is 0 Å². The van der Waals surface area contributed by atoms with Crippen LogP contribution in [0.25, 0.3) is 22.1 Å². The molecular weight excluding hydrogens is 424 g/mol. The molecule has 156 valence electrons. The van der Waals surface area contributed by atoms with Gasteiger partial charge in [-0.25, -0.2) is 9.67 Å². The van der Waals surface area contributed by atoms with Crippen LogP contribution in [0, 0.1) is 0 Å². The maximum absolute atomic E-state index is 4.40. The standard InChI is InChI=1S/C21H16N10S/c1-2-13(10-22-7-1)11-31-21(26-29-30-31)20(14-3-5-17-19(8-14)28-32-27-17)25-15-4-6-16-18(9-15)24-12-23-16/h1-10,12,20,25H,11H2,(H,23,24). The normalized spacial score (nSPS) is 12.4. The van der Waals surface area contributed by atoms with Gasteiger partial charge in [0.1, 0.15) is 17.1 Å². The lowest BCUT2D eigenvalue weighted by molar-refractivity contribution is 0.607. The molecule has 4 aromatic heterocycles. The van der Waals surface area contributed by atoms with Crippen molar-refractivity contribution >= 4 is 39.5 Å². The van der Waals surface area contributed by atoms with Gasteiger partial charge in [0, 0.05) is 18.1 Å². The minimum absolute atomic E-state index is 0.312. The second-order valence-corrected chi connectivity index (χ2v) is 7.81. The van der Waals surface area contributed by atoms with Gasteiger partial charge in [0.05, 0.1) is 35.6 Å². The summed E-state index contributed by atoms with van der Waals surface area (Å²) in [5, 5.41) is 16.2. The fraction of sp³-hybridized carbons (Fsp3) is 0.0952. The fourth-order valence-electron chi connectivity index (χ4n) is 3.66. The molecule has 0 amide bonds. The van der Waals surface area contributed by atoms with Crippen LogP contribution in [0.1, 0.15) is 23.0 Å². The third-order valence-electron chi connectivity index (χ3n) is 5.22. The Morgan fingerprint density at radius 3 is 2.91 bits per heavy atom. The van der Waals surface area contributed by atoms with Gasteiger partial charge in [-0.3, -0.25) is 4.98 Å². The number of H-pyrrole nitrogens is 1. The number of benzene rings is 2. The van der Waals surface area contributed by atoms with E-state index in [0.29, 0.717) is 12.4 Å². The number of tetrazole rings is 1. The molecule has 0 aliphatic heterocycles. The van der Waals surface area contributed by atoms with Crippen LogP contribution in [0.5, 0.6) is 0 Å².